The molecular formula is C36H40NNaO7S2. The average molecular weight is 686 g/mol. The van der Waals surface area contributed by atoms with E-state index in [-0.39, 0.29) is 57.2 Å². The molecular weight excluding hydrogens is 646 g/mol. The molecule has 3 N–H and O–H groups in total. The van der Waals surface area contributed by atoms with Gasteiger partial charge in [0.1, 0.15) is 0 Å². The van der Waals surface area contributed by atoms with E-state index in [2.05, 4.69) is 5.32 Å². The first-order valence-electron chi connectivity index (χ1n) is 15.3. The Morgan fingerprint density at radius 3 is 1.53 bits per heavy atom. The Morgan fingerprint density at radius 2 is 1.11 bits per heavy atom. The molecule has 0 amide bonds. The van der Waals surface area contributed by atoms with E-state index in [0.29, 0.717) is 15.7 Å². The van der Waals surface area contributed by atoms with Crippen molar-refractivity contribution in [3.63, 3.8) is 0 Å². The third-order valence-corrected chi connectivity index (χ3v) is 12.2. The molecule has 0 bridgehead atoms. The maximum atomic E-state index is 12.7. The first kappa shape index (κ1) is 38.6. The molecule has 6 rings (SSSR count). The molecule has 0 unspecified atom stereocenters. The van der Waals surface area contributed by atoms with Gasteiger partial charge in [-0.1, -0.05) is 48.5 Å². The van der Waals surface area contributed by atoms with Gasteiger partial charge in [0.05, 0.1) is 26.0 Å². The Kier molecular flexibility index (Phi) is 14.0. The fourth-order valence-electron chi connectivity index (χ4n) is 6.47. The van der Waals surface area contributed by atoms with E-state index >= 15 is 0 Å². The molecule has 0 aliphatic heterocycles. The van der Waals surface area contributed by atoms with Crippen LogP contribution in [0.15, 0.2) is 117 Å². The zero-order valence-electron chi connectivity index (χ0n) is 26.8. The van der Waals surface area contributed by atoms with Crippen molar-refractivity contribution < 1.29 is 61.8 Å². The van der Waals surface area contributed by atoms with Crippen molar-refractivity contribution in [3.8, 4) is 0 Å². The second-order valence-corrected chi connectivity index (χ2v) is 15.6. The van der Waals surface area contributed by atoms with Crippen LogP contribution in [0.1, 0.15) is 66.2 Å². The SMILES string of the molecule is CNC[C@@H]1CCCc2cc(S(=O)(=O)c3ccccc3)ccc21.O=C(O)C[C@@H]1CCCc2cc(S(=O)(=O)c3ccccc3)ccc21.[Na+].[OH-]. The Labute approximate surface area is 300 Å². The summed E-state index contributed by atoms with van der Waals surface area (Å²) in [5.74, 6) is -0.351. The second kappa shape index (κ2) is 17.0. The van der Waals surface area contributed by atoms with Crippen molar-refractivity contribution in [2.45, 2.75) is 76.4 Å². The molecule has 0 aromatic heterocycles. The van der Waals surface area contributed by atoms with Crippen LogP contribution in [0.25, 0.3) is 0 Å². The van der Waals surface area contributed by atoms with Gasteiger partial charge in [0.15, 0.2) is 0 Å². The number of hydrogen-bond donors (Lipinski definition) is 2. The van der Waals surface area contributed by atoms with Crippen LogP contribution in [0.2, 0.25) is 0 Å². The predicted octanol–water partition coefficient (Wildman–Crippen LogP) is 3.40. The van der Waals surface area contributed by atoms with Gasteiger partial charge in [-0.2, -0.15) is 0 Å². The van der Waals surface area contributed by atoms with Crippen LogP contribution < -0.4 is 34.9 Å². The first-order chi connectivity index (χ1) is 21.6. The number of carboxylic acids is 1. The summed E-state index contributed by atoms with van der Waals surface area (Å²) < 4.78 is 50.8. The van der Waals surface area contributed by atoms with Crippen molar-refractivity contribution in [3.05, 3.63) is 119 Å². The summed E-state index contributed by atoms with van der Waals surface area (Å²) in [5.41, 5.74) is 4.42. The largest absolute Gasteiger partial charge is 1.00 e. The third-order valence-electron chi connectivity index (χ3n) is 8.71. The number of hydrogen-bond acceptors (Lipinski definition) is 7. The number of aliphatic carboxylic acids is 1. The van der Waals surface area contributed by atoms with Crippen molar-refractivity contribution in [1.29, 1.82) is 0 Å². The number of carbonyl (C=O) groups is 1. The van der Waals surface area contributed by atoms with Gasteiger partial charge < -0.3 is 15.9 Å². The van der Waals surface area contributed by atoms with Gasteiger partial charge in [-0.25, -0.2) is 16.8 Å². The van der Waals surface area contributed by atoms with Crippen molar-refractivity contribution >= 4 is 25.6 Å². The molecule has 11 heteroatoms. The molecule has 0 heterocycles. The van der Waals surface area contributed by atoms with E-state index in [1.807, 2.05) is 25.2 Å². The van der Waals surface area contributed by atoms with Crippen molar-refractivity contribution in [2.75, 3.05) is 13.6 Å². The van der Waals surface area contributed by atoms with Gasteiger partial charge in [-0.3, -0.25) is 4.79 Å². The van der Waals surface area contributed by atoms with E-state index in [1.54, 1.807) is 78.9 Å². The van der Waals surface area contributed by atoms with Gasteiger partial charge in [-0.05, 0) is 128 Å². The normalized spacial score (nSPS) is 17.0. The zero-order chi connectivity index (χ0) is 32.0. The van der Waals surface area contributed by atoms with E-state index in [0.717, 1.165) is 49.8 Å². The van der Waals surface area contributed by atoms with Gasteiger partial charge in [-0.15, -0.1) is 0 Å². The molecule has 0 saturated heterocycles. The third kappa shape index (κ3) is 9.00. The molecule has 4 aromatic rings. The summed E-state index contributed by atoms with van der Waals surface area (Å²) in [6, 6.07) is 27.7. The van der Waals surface area contributed by atoms with E-state index < -0.39 is 25.6 Å². The standard InChI is InChI=1S/C18H21NO2S.C18H18O4S.Na.H2O/c1-19-13-15-7-5-6-14-12-17(10-11-18(14)15)22(20,21)16-8-3-2-4-9-16;19-18(20)12-14-6-4-5-13-11-16(9-10-17(13)14)23(21,22)15-7-2-1-3-8-15;;/h2-4,8-12,15,19H,5-7,13H2,1H3;1-3,7-11,14H,4-6,12H2,(H,19,20);;1H2/q;;+1;/p-1/t15-;14-;;/m00../s1. The Morgan fingerprint density at radius 1 is 0.681 bits per heavy atom. The van der Waals surface area contributed by atoms with Gasteiger partial charge >= 0.3 is 35.5 Å². The van der Waals surface area contributed by atoms with E-state index in [1.165, 1.54) is 17.5 Å². The number of likely N-dealkylation sites (N-methyl/N-ethyl adjacent to an activating group) is 1. The number of carboxylic acid groups (broad SMARTS) is 1. The Balaban J connectivity index is 0.000000245. The van der Waals surface area contributed by atoms with Crippen LogP contribution >= 0.6 is 0 Å². The second-order valence-electron chi connectivity index (χ2n) is 11.7. The summed E-state index contributed by atoms with van der Waals surface area (Å²) in [7, 11) is -4.99. The van der Waals surface area contributed by atoms with Crippen molar-refractivity contribution in [1.82, 2.24) is 5.32 Å². The molecule has 244 valence electrons. The number of aryl methyl sites for hydroxylation is 2. The van der Waals surface area contributed by atoms with Gasteiger partial charge in [0.25, 0.3) is 0 Å². The molecule has 8 nitrogen and oxygen atoms in total. The number of nitrogens with one attached hydrogen (secondary N) is 1. The fraction of sp³-hybridized carbons (Fsp3) is 0.306. The molecule has 0 spiro atoms. The number of rotatable bonds is 8. The molecule has 0 radical (unpaired) electrons. The first-order valence-corrected chi connectivity index (χ1v) is 18.3. The van der Waals surface area contributed by atoms with Crippen LogP contribution in [0, 0.1) is 0 Å². The molecule has 2 atom stereocenters. The topological polar surface area (TPSA) is 148 Å². The van der Waals surface area contributed by atoms with Crippen LogP contribution in [0.4, 0.5) is 0 Å². The summed E-state index contributed by atoms with van der Waals surface area (Å²) in [6.45, 7) is 0.942. The Bertz CT molecular complexity index is 1870. The van der Waals surface area contributed by atoms with Crippen LogP contribution in [-0.4, -0.2) is 47.0 Å². The predicted molar refractivity (Wildman–Crippen MR) is 176 cm³/mol. The van der Waals surface area contributed by atoms with E-state index in [9.17, 15) is 21.6 Å². The van der Waals surface area contributed by atoms with Gasteiger partial charge in [0, 0.05) is 6.54 Å². The number of benzene rings is 4. The van der Waals surface area contributed by atoms with Crippen molar-refractivity contribution in [2.24, 2.45) is 0 Å². The summed E-state index contributed by atoms with van der Waals surface area (Å²) in [4.78, 5) is 12.3. The average Bonchev–Trinajstić information content (AvgIpc) is 3.05. The molecule has 4 aromatic carbocycles. The molecule has 2 aliphatic carbocycles. The minimum atomic E-state index is -3.53. The zero-order valence-corrected chi connectivity index (χ0v) is 30.4. The maximum Gasteiger partial charge on any atom is 1.00 e. The minimum Gasteiger partial charge on any atom is -0.870 e. The van der Waals surface area contributed by atoms with Crippen LogP contribution in [0.5, 0.6) is 0 Å². The smallest absolute Gasteiger partial charge is 0.870 e. The molecule has 47 heavy (non-hydrogen) atoms. The van der Waals surface area contributed by atoms with Crippen LogP contribution in [0.3, 0.4) is 0 Å². The summed E-state index contributed by atoms with van der Waals surface area (Å²) >= 11 is 0. The number of fused-ring (bicyclic) bond motifs is 2. The van der Waals surface area contributed by atoms with Gasteiger partial charge in [0.2, 0.25) is 19.7 Å². The number of sulfone groups is 2. The van der Waals surface area contributed by atoms with E-state index in [4.69, 9.17) is 5.11 Å². The summed E-state index contributed by atoms with van der Waals surface area (Å²) in [6.07, 6.45) is 5.87. The molecule has 2 aliphatic rings. The monoisotopic (exact) mass is 685 g/mol. The van der Waals surface area contributed by atoms with Crippen LogP contribution in [-0.2, 0) is 37.3 Å². The summed E-state index contributed by atoms with van der Waals surface area (Å²) in [5, 5.41) is 12.3. The minimum absolute atomic E-state index is 0. The quantitative estimate of drug-likeness (QED) is 0.269. The maximum absolute atomic E-state index is 12.7. The molecule has 0 fully saturated rings. The fourth-order valence-corrected chi connectivity index (χ4v) is 9.13. The molecule has 0 saturated carbocycles. The Hall–Kier alpha value is -2.83.